The monoisotopic (exact) mass is 368 g/mol. The molecule has 27 heavy (non-hydrogen) atoms. The summed E-state index contributed by atoms with van der Waals surface area (Å²) in [5.41, 5.74) is 1.43. The molecule has 5 nitrogen and oxygen atoms in total. The van der Waals surface area contributed by atoms with Crippen LogP contribution < -0.4 is 15.4 Å². The number of benzene rings is 2. The average molecular weight is 368 g/mol. The predicted octanol–water partition coefficient (Wildman–Crippen LogP) is 4.50. The van der Waals surface area contributed by atoms with Crippen LogP contribution in [0.1, 0.15) is 54.8 Å². The van der Waals surface area contributed by atoms with Crippen molar-refractivity contribution in [2.75, 3.05) is 11.9 Å². The largest absolute Gasteiger partial charge is 0.494 e. The second-order valence-corrected chi connectivity index (χ2v) is 7.18. The van der Waals surface area contributed by atoms with E-state index in [1.54, 1.807) is 48.5 Å². The molecule has 144 valence electrons. The highest BCUT2D eigenvalue weighted by atomic mass is 16.5. The molecule has 0 atom stereocenters. The summed E-state index contributed by atoms with van der Waals surface area (Å²) in [6.07, 6.45) is 0.984. The van der Waals surface area contributed by atoms with Crippen LogP contribution in [-0.4, -0.2) is 24.5 Å². The van der Waals surface area contributed by atoms with Crippen molar-refractivity contribution in [1.82, 2.24) is 5.32 Å². The van der Waals surface area contributed by atoms with Gasteiger partial charge in [0.1, 0.15) is 5.75 Å². The van der Waals surface area contributed by atoms with Gasteiger partial charge in [-0.2, -0.15) is 0 Å². The molecule has 0 spiro atoms. The number of hydrogen-bond acceptors (Lipinski definition) is 3. The van der Waals surface area contributed by atoms with E-state index in [2.05, 4.69) is 24.5 Å². The molecule has 2 N–H and O–H groups in total. The van der Waals surface area contributed by atoms with Crippen LogP contribution in [0, 0.1) is 5.92 Å². The lowest BCUT2D eigenvalue weighted by Gasteiger charge is -2.13. The minimum absolute atomic E-state index is 0.0181. The van der Waals surface area contributed by atoms with Gasteiger partial charge in [0, 0.05) is 11.6 Å². The molecule has 0 aromatic heterocycles. The molecule has 0 fully saturated rings. The number of ether oxygens (including phenoxy) is 1. The first-order valence-electron chi connectivity index (χ1n) is 9.31. The van der Waals surface area contributed by atoms with Crippen LogP contribution in [0.15, 0.2) is 48.5 Å². The van der Waals surface area contributed by atoms with Crippen molar-refractivity contribution < 1.29 is 14.3 Å². The molecule has 0 unspecified atom stereocenters. The van der Waals surface area contributed by atoms with Gasteiger partial charge in [0.2, 0.25) is 0 Å². The number of carbonyl (C=O) groups excluding carboxylic acids is 2. The quantitative estimate of drug-likeness (QED) is 0.721. The summed E-state index contributed by atoms with van der Waals surface area (Å²) in [7, 11) is 0. The van der Waals surface area contributed by atoms with E-state index in [9.17, 15) is 9.59 Å². The molecule has 2 aromatic carbocycles. The Balaban J connectivity index is 2.04. The zero-order valence-electron chi connectivity index (χ0n) is 16.4. The first-order valence-corrected chi connectivity index (χ1v) is 9.31. The highest BCUT2D eigenvalue weighted by Crippen LogP contribution is 2.18. The number of anilines is 1. The summed E-state index contributed by atoms with van der Waals surface area (Å²) in [4.78, 5) is 24.8. The second kappa shape index (κ2) is 9.76. The minimum Gasteiger partial charge on any atom is -0.494 e. The third-order valence-corrected chi connectivity index (χ3v) is 3.92. The second-order valence-electron chi connectivity index (χ2n) is 7.18. The van der Waals surface area contributed by atoms with E-state index < -0.39 is 0 Å². The van der Waals surface area contributed by atoms with Crippen LogP contribution in [0.2, 0.25) is 0 Å². The highest BCUT2D eigenvalue weighted by Gasteiger charge is 2.14. The molecular weight excluding hydrogens is 340 g/mol. The van der Waals surface area contributed by atoms with Crippen molar-refractivity contribution >= 4 is 17.5 Å². The number of amides is 2. The van der Waals surface area contributed by atoms with E-state index in [-0.39, 0.29) is 17.9 Å². The van der Waals surface area contributed by atoms with Gasteiger partial charge in [-0.1, -0.05) is 26.0 Å². The molecule has 0 saturated heterocycles. The van der Waals surface area contributed by atoms with Crippen LogP contribution in [0.4, 0.5) is 5.69 Å². The maximum atomic E-state index is 12.5. The lowest BCUT2D eigenvalue weighted by atomic mass is 10.1. The van der Waals surface area contributed by atoms with E-state index in [1.165, 1.54) is 0 Å². The zero-order chi connectivity index (χ0) is 19.8. The summed E-state index contributed by atoms with van der Waals surface area (Å²) < 4.78 is 5.67. The van der Waals surface area contributed by atoms with E-state index in [1.807, 2.05) is 13.8 Å². The van der Waals surface area contributed by atoms with Crippen LogP contribution in [0.3, 0.4) is 0 Å². The van der Waals surface area contributed by atoms with Crippen molar-refractivity contribution in [2.24, 2.45) is 5.92 Å². The summed E-state index contributed by atoms with van der Waals surface area (Å²) in [5.74, 6) is 0.843. The fraction of sp³-hybridized carbons (Fsp3) is 0.364. The van der Waals surface area contributed by atoms with Crippen LogP contribution in [0.25, 0.3) is 0 Å². The number of hydrogen-bond donors (Lipinski definition) is 2. The minimum atomic E-state index is -0.270. The van der Waals surface area contributed by atoms with Gasteiger partial charge >= 0.3 is 0 Å². The van der Waals surface area contributed by atoms with E-state index >= 15 is 0 Å². The van der Waals surface area contributed by atoms with Gasteiger partial charge in [0.15, 0.2) is 0 Å². The van der Waals surface area contributed by atoms with Gasteiger partial charge in [-0.05, 0) is 62.6 Å². The van der Waals surface area contributed by atoms with E-state index in [4.69, 9.17) is 4.74 Å². The lowest BCUT2D eigenvalue weighted by Crippen LogP contribution is -2.31. The third-order valence-electron chi connectivity index (χ3n) is 3.92. The molecule has 2 amide bonds. The molecule has 2 aromatic rings. The topological polar surface area (TPSA) is 67.4 Å². The molecule has 0 aliphatic heterocycles. The van der Waals surface area contributed by atoms with Gasteiger partial charge in [-0.3, -0.25) is 9.59 Å². The summed E-state index contributed by atoms with van der Waals surface area (Å²) >= 11 is 0. The number of rotatable bonds is 8. The van der Waals surface area contributed by atoms with Gasteiger partial charge < -0.3 is 15.4 Å². The van der Waals surface area contributed by atoms with Crippen molar-refractivity contribution in [3.05, 3.63) is 59.7 Å². The SMILES string of the molecule is CC(C)CCOc1ccc(C(=O)Nc2ccccc2C(=O)NC(C)C)cc1. The number of nitrogens with one attached hydrogen (secondary N) is 2. The first-order chi connectivity index (χ1) is 12.9. The molecule has 0 bridgehead atoms. The summed E-state index contributed by atoms with van der Waals surface area (Å²) in [6.45, 7) is 8.74. The van der Waals surface area contributed by atoms with Crippen LogP contribution in [-0.2, 0) is 0 Å². The Morgan fingerprint density at radius 2 is 1.59 bits per heavy atom. The fourth-order valence-electron chi connectivity index (χ4n) is 2.44. The Hall–Kier alpha value is -2.82. The van der Waals surface area contributed by atoms with Crippen LogP contribution >= 0.6 is 0 Å². The molecule has 2 rings (SSSR count). The van der Waals surface area contributed by atoms with E-state index in [0.29, 0.717) is 29.3 Å². The number of carbonyl (C=O) groups is 2. The molecule has 0 saturated carbocycles. The molecule has 0 radical (unpaired) electrons. The van der Waals surface area contributed by atoms with Crippen molar-refractivity contribution in [2.45, 2.75) is 40.2 Å². The molecular formula is C22H28N2O3. The van der Waals surface area contributed by atoms with Crippen molar-refractivity contribution in [3.8, 4) is 5.75 Å². The fourth-order valence-corrected chi connectivity index (χ4v) is 2.44. The smallest absolute Gasteiger partial charge is 0.255 e. The maximum absolute atomic E-state index is 12.5. The molecule has 0 heterocycles. The van der Waals surface area contributed by atoms with E-state index in [0.717, 1.165) is 12.2 Å². The standard InChI is InChI=1S/C22H28N2O3/c1-15(2)13-14-27-18-11-9-17(10-12-18)21(25)24-20-8-6-5-7-19(20)22(26)23-16(3)4/h5-12,15-16H,13-14H2,1-4H3,(H,23,26)(H,24,25). The van der Waals surface area contributed by atoms with Gasteiger partial charge in [0.05, 0.1) is 17.9 Å². The lowest BCUT2D eigenvalue weighted by molar-refractivity contribution is 0.0944. The van der Waals surface area contributed by atoms with Gasteiger partial charge in [-0.15, -0.1) is 0 Å². The Kier molecular flexibility index (Phi) is 7.41. The van der Waals surface area contributed by atoms with Gasteiger partial charge in [0.25, 0.3) is 11.8 Å². The average Bonchev–Trinajstić information content (AvgIpc) is 2.61. The Morgan fingerprint density at radius 3 is 2.22 bits per heavy atom. The maximum Gasteiger partial charge on any atom is 0.255 e. The molecule has 0 aliphatic rings. The Labute approximate surface area is 161 Å². The van der Waals surface area contributed by atoms with Crippen molar-refractivity contribution in [3.63, 3.8) is 0 Å². The first kappa shape index (κ1) is 20.5. The predicted molar refractivity (Wildman–Crippen MR) is 108 cm³/mol. The molecule has 5 heteroatoms. The third kappa shape index (κ3) is 6.44. The summed E-state index contributed by atoms with van der Waals surface area (Å²) in [6, 6.07) is 14.0. The number of para-hydroxylation sites is 1. The molecule has 0 aliphatic carbocycles. The normalized spacial score (nSPS) is 10.7. The Bertz CT molecular complexity index is 767. The highest BCUT2D eigenvalue weighted by molar-refractivity contribution is 6.09. The summed E-state index contributed by atoms with van der Waals surface area (Å²) in [5, 5.41) is 5.66. The van der Waals surface area contributed by atoms with Gasteiger partial charge in [-0.25, -0.2) is 0 Å². The van der Waals surface area contributed by atoms with Crippen LogP contribution in [0.5, 0.6) is 5.75 Å². The Morgan fingerprint density at radius 1 is 0.926 bits per heavy atom. The van der Waals surface area contributed by atoms with Crippen molar-refractivity contribution in [1.29, 1.82) is 0 Å². The zero-order valence-corrected chi connectivity index (χ0v) is 16.4.